The van der Waals surface area contributed by atoms with Crippen LogP contribution in [-0.4, -0.2) is 41.8 Å². The molecule has 0 spiro atoms. The molecule has 0 radical (unpaired) electrons. The van der Waals surface area contributed by atoms with Crippen molar-refractivity contribution in [1.82, 2.24) is 15.3 Å². The summed E-state index contributed by atoms with van der Waals surface area (Å²) < 4.78 is 77.8. The van der Waals surface area contributed by atoms with Gasteiger partial charge in [-0.05, 0) is 56.0 Å². The molecule has 0 saturated heterocycles. The smallest absolute Gasteiger partial charge is 0.405 e. The van der Waals surface area contributed by atoms with Gasteiger partial charge in [0.15, 0.2) is 17.4 Å². The molecule has 1 amide bonds. The first-order chi connectivity index (χ1) is 17.7. The third kappa shape index (κ3) is 7.05. The van der Waals surface area contributed by atoms with Gasteiger partial charge in [0.25, 0.3) is 5.91 Å². The van der Waals surface area contributed by atoms with Crippen LogP contribution < -0.4 is 20.1 Å². The van der Waals surface area contributed by atoms with Gasteiger partial charge in [-0.2, -0.15) is 13.2 Å². The molecule has 0 fully saturated rings. The molecule has 0 unspecified atom stereocenters. The molecule has 0 atom stereocenters. The van der Waals surface area contributed by atoms with E-state index in [1.165, 1.54) is 36.4 Å². The van der Waals surface area contributed by atoms with E-state index in [2.05, 4.69) is 15.3 Å². The fourth-order valence-corrected chi connectivity index (χ4v) is 3.62. The summed E-state index contributed by atoms with van der Waals surface area (Å²) in [6.45, 7) is -1.03. The molecule has 2 aromatic carbocycles. The third-order valence-electron chi connectivity index (χ3n) is 5.43. The molecule has 4 rings (SSSR count). The summed E-state index contributed by atoms with van der Waals surface area (Å²) >= 11 is 0. The first-order valence-corrected chi connectivity index (χ1v) is 11.5. The Bertz CT molecular complexity index is 1270. The Morgan fingerprint density at radius 3 is 2.41 bits per heavy atom. The number of aromatic nitrogens is 2. The minimum absolute atomic E-state index is 0.00969. The molecule has 2 heterocycles. The maximum atomic E-state index is 14.6. The number of nitrogens with zero attached hydrogens (tertiary/aromatic N) is 2. The van der Waals surface area contributed by atoms with Crippen molar-refractivity contribution in [2.75, 3.05) is 25.1 Å². The topological polar surface area (TPSA) is 85.4 Å². The Balaban J connectivity index is 1.67. The van der Waals surface area contributed by atoms with Crippen molar-refractivity contribution < 1.29 is 36.2 Å². The number of fused-ring (bicyclic) bond motifs is 7. The molecular formula is C25H23F5N4O3. The number of benzene rings is 2. The molecule has 3 aromatic rings. The molecule has 12 heteroatoms. The van der Waals surface area contributed by atoms with Crippen LogP contribution in [0.15, 0.2) is 42.6 Å². The van der Waals surface area contributed by atoms with E-state index < -0.39 is 30.3 Å². The largest absolute Gasteiger partial charge is 0.493 e. The van der Waals surface area contributed by atoms with E-state index in [0.717, 1.165) is 19.0 Å². The summed E-state index contributed by atoms with van der Waals surface area (Å²) in [5, 5.41) is 4.71. The van der Waals surface area contributed by atoms with E-state index in [1.54, 1.807) is 0 Å². The lowest BCUT2D eigenvalue weighted by Gasteiger charge is -2.15. The quantitative estimate of drug-likeness (QED) is 0.415. The van der Waals surface area contributed by atoms with Crippen molar-refractivity contribution in [1.29, 1.82) is 0 Å². The average Bonchev–Trinajstić information content (AvgIpc) is 2.85. The molecule has 37 heavy (non-hydrogen) atoms. The van der Waals surface area contributed by atoms with Gasteiger partial charge in [0.2, 0.25) is 5.95 Å². The summed E-state index contributed by atoms with van der Waals surface area (Å²) in [5.41, 5.74) is 0.464. The van der Waals surface area contributed by atoms with Crippen LogP contribution in [0, 0.1) is 11.6 Å². The Kier molecular flexibility index (Phi) is 8.04. The number of amides is 1. The van der Waals surface area contributed by atoms with Crippen molar-refractivity contribution >= 4 is 17.5 Å². The number of nitrogens with one attached hydrogen (secondary N) is 2. The van der Waals surface area contributed by atoms with Crippen LogP contribution >= 0.6 is 0 Å². The maximum Gasteiger partial charge on any atom is 0.405 e. The summed E-state index contributed by atoms with van der Waals surface area (Å²) in [7, 11) is 0. The molecule has 1 aliphatic heterocycles. The van der Waals surface area contributed by atoms with Crippen LogP contribution in [0.4, 0.5) is 33.6 Å². The number of halogens is 5. The van der Waals surface area contributed by atoms with Gasteiger partial charge in [-0.25, -0.2) is 18.7 Å². The van der Waals surface area contributed by atoms with Gasteiger partial charge >= 0.3 is 6.18 Å². The number of carbonyl (C=O) groups excluding carboxylic acids is 1. The average molecular weight is 522 g/mol. The van der Waals surface area contributed by atoms with E-state index in [-0.39, 0.29) is 47.5 Å². The predicted octanol–water partition coefficient (Wildman–Crippen LogP) is 5.79. The van der Waals surface area contributed by atoms with Crippen molar-refractivity contribution in [3.63, 3.8) is 0 Å². The molecule has 1 aliphatic rings. The minimum Gasteiger partial charge on any atom is -0.493 e. The van der Waals surface area contributed by atoms with Crippen LogP contribution in [0.1, 0.15) is 36.0 Å². The first-order valence-electron chi connectivity index (χ1n) is 11.5. The number of carbonyl (C=O) groups is 1. The third-order valence-corrected chi connectivity index (χ3v) is 5.43. The van der Waals surface area contributed by atoms with Crippen molar-refractivity contribution in [3.8, 4) is 22.8 Å². The highest BCUT2D eigenvalue weighted by Gasteiger charge is 2.28. The Labute approximate surface area is 209 Å². The standard InChI is InChI=1S/C25H23F5N4O3/c26-18-8-5-15-11-21(18)37-10-4-2-1-3-9-36-20-12-16(33-24-31-13-19(27)22(15)34-24)6-7-17(20)23(35)32-14-25(28,29)30/h5-8,11-13H,1-4,9-10,14H2,(H,32,35)(H,31,33,34). The second-order valence-electron chi connectivity index (χ2n) is 8.28. The van der Waals surface area contributed by atoms with Crippen molar-refractivity contribution in [3.05, 3.63) is 59.8 Å². The minimum atomic E-state index is -4.56. The molecule has 1 aromatic heterocycles. The van der Waals surface area contributed by atoms with Gasteiger partial charge in [0, 0.05) is 17.3 Å². The van der Waals surface area contributed by atoms with Crippen LogP contribution in [-0.2, 0) is 0 Å². The summed E-state index contributed by atoms with van der Waals surface area (Å²) in [6, 6.07) is 8.09. The van der Waals surface area contributed by atoms with E-state index in [1.807, 2.05) is 5.32 Å². The van der Waals surface area contributed by atoms with Crippen molar-refractivity contribution in [2.24, 2.45) is 0 Å². The van der Waals surface area contributed by atoms with E-state index in [4.69, 9.17) is 9.47 Å². The lowest BCUT2D eigenvalue weighted by molar-refractivity contribution is -0.123. The SMILES string of the molecule is O=C(NCC(F)(F)F)c1ccc2cc1OCCCCCCOc1cc(ccc1F)-c1nc(ncc1F)N2. The van der Waals surface area contributed by atoms with Gasteiger partial charge in [-0.15, -0.1) is 0 Å². The zero-order chi connectivity index (χ0) is 26.4. The van der Waals surface area contributed by atoms with Crippen LogP contribution in [0.2, 0.25) is 0 Å². The summed E-state index contributed by atoms with van der Waals surface area (Å²) in [4.78, 5) is 20.5. The summed E-state index contributed by atoms with van der Waals surface area (Å²) in [5.74, 6) is -2.21. The summed E-state index contributed by atoms with van der Waals surface area (Å²) in [6.07, 6.45) is -0.898. The number of hydrogen-bond donors (Lipinski definition) is 2. The number of alkyl halides is 3. The number of ether oxygens (including phenoxy) is 2. The molecule has 7 nitrogen and oxygen atoms in total. The van der Waals surface area contributed by atoms with E-state index >= 15 is 0 Å². The van der Waals surface area contributed by atoms with Gasteiger partial charge in [0.1, 0.15) is 18.0 Å². The Hall–Kier alpha value is -3.96. The first kappa shape index (κ1) is 26.1. The maximum absolute atomic E-state index is 14.6. The van der Waals surface area contributed by atoms with Gasteiger partial charge < -0.3 is 20.1 Å². The fourth-order valence-electron chi connectivity index (χ4n) is 3.62. The van der Waals surface area contributed by atoms with Gasteiger partial charge in [-0.3, -0.25) is 4.79 Å². The number of anilines is 2. The second-order valence-corrected chi connectivity index (χ2v) is 8.28. The molecule has 2 N–H and O–H groups in total. The highest BCUT2D eigenvalue weighted by atomic mass is 19.4. The molecule has 196 valence electrons. The van der Waals surface area contributed by atoms with Crippen LogP contribution in [0.3, 0.4) is 0 Å². The highest BCUT2D eigenvalue weighted by Crippen LogP contribution is 2.30. The van der Waals surface area contributed by atoms with Crippen LogP contribution in [0.25, 0.3) is 11.3 Å². The van der Waals surface area contributed by atoms with E-state index in [0.29, 0.717) is 18.5 Å². The molecule has 0 aliphatic carbocycles. The monoisotopic (exact) mass is 522 g/mol. The lowest BCUT2D eigenvalue weighted by Crippen LogP contribution is -2.34. The number of rotatable bonds is 2. The number of hydrogen-bond acceptors (Lipinski definition) is 6. The second kappa shape index (κ2) is 11.4. The normalized spacial score (nSPS) is 14.3. The highest BCUT2D eigenvalue weighted by molar-refractivity contribution is 5.97. The predicted molar refractivity (Wildman–Crippen MR) is 125 cm³/mol. The lowest BCUT2D eigenvalue weighted by atomic mass is 10.1. The Morgan fingerprint density at radius 1 is 0.946 bits per heavy atom. The van der Waals surface area contributed by atoms with Gasteiger partial charge in [0.05, 0.1) is 25.0 Å². The molecular weight excluding hydrogens is 499 g/mol. The Morgan fingerprint density at radius 2 is 1.68 bits per heavy atom. The molecule has 6 bridgehead atoms. The van der Waals surface area contributed by atoms with Crippen LogP contribution in [0.5, 0.6) is 11.5 Å². The fraction of sp³-hybridized carbons (Fsp3) is 0.320. The zero-order valence-electron chi connectivity index (χ0n) is 19.5. The van der Waals surface area contributed by atoms with Crippen molar-refractivity contribution in [2.45, 2.75) is 31.9 Å². The zero-order valence-corrected chi connectivity index (χ0v) is 19.5. The van der Waals surface area contributed by atoms with E-state index in [9.17, 15) is 26.7 Å². The molecule has 0 saturated carbocycles. The van der Waals surface area contributed by atoms with Gasteiger partial charge in [-0.1, -0.05) is 0 Å².